The summed E-state index contributed by atoms with van der Waals surface area (Å²) in [5, 5.41) is 2.68. The number of rotatable bonds is 8. The summed E-state index contributed by atoms with van der Waals surface area (Å²) >= 11 is 8.41. The van der Waals surface area contributed by atoms with Gasteiger partial charge < -0.3 is 10.1 Å². The Hall–Kier alpha value is -0.850. The fraction of sp³-hybridized carbons (Fsp3) is 0.357. The first-order valence-corrected chi connectivity index (χ1v) is 8.64. The average Bonchev–Trinajstić information content (AvgIpc) is 2.46. The molecule has 0 spiro atoms. The zero-order valence-corrected chi connectivity index (χ0v) is 13.5. The molecule has 1 aromatic carbocycles. The maximum Gasteiger partial charge on any atom is 0.220 e. The molecule has 3 nitrogen and oxygen atoms in total. The quantitative estimate of drug-likeness (QED) is 0.452. The summed E-state index contributed by atoms with van der Waals surface area (Å²) in [5.41, 5.74) is 1.24. The van der Waals surface area contributed by atoms with E-state index in [0.717, 1.165) is 15.6 Å². The van der Waals surface area contributed by atoms with Crippen LogP contribution in [-0.4, -0.2) is 28.0 Å². The van der Waals surface area contributed by atoms with Gasteiger partial charge in [0.15, 0.2) is 0 Å². The molecule has 20 heavy (non-hydrogen) atoms. The van der Waals surface area contributed by atoms with E-state index in [4.69, 9.17) is 12.2 Å². The molecule has 0 aliphatic rings. The van der Waals surface area contributed by atoms with E-state index in [1.54, 1.807) is 11.8 Å². The van der Waals surface area contributed by atoms with Crippen molar-refractivity contribution in [2.24, 2.45) is 0 Å². The standard InChI is InChI=1S/C14H17NO2S3/c16-9-4-8-15-13(17)7-10-19-14(18)20-11-12-5-2-1-3-6-12/h1-3,5-6,9H,4,7-8,10-11H2,(H,15,17). The molecule has 0 aliphatic heterocycles. The lowest BCUT2D eigenvalue weighted by atomic mass is 10.2. The van der Waals surface area contributed by atoms with Crippen molar-refractivity contribution in [2.45, 2.75) is 18.6 Å². The molecule has 0 heterocycles. The van der Waals surface area contributed by atoms with Crippen LogP contribution in [0, 0.1) is 0 Å². The Morgan fingerprint density at radius 3 is 2.70 bits per heavy atom. The zero-order chi connectivity index (χ0) is 14.6. The SMILES string of the molecule is O=CCCNC(=O)CCSC(=S)SCc1ccccc1. The van der Waals surface area contributed by atoms with E-state index in [2.05, 4.69) is 17.4 Å². The Bertz CT molecular complexity index is 437. The van der Waals surface area contributed by atoms with Gasteiger partial charge in [-0.05, 0) is 5.56 Å². The van der Waals surface area contributed by atoms with E-state index in [1.807, 2.05) is 18.2 Å². The number of hydrogen-bond acceptors (Lipinski definition) is 5. The van der Waals surface area contributed by atoms with Crippen LogP contribution in [0.15, 0.2) is 30.3 Å². The van der Waals surface area contributed by atoms with E-state index in [-0.39, 0.29) is 5.91 Å². The highest BCUT2D eigenvalue weighted by molar-refractivity contribution is 8.46. The molecule has 1 amide bonds. The van der Waals surface area contributed by atoms with Gasteiger partial charge >= 0.3 is 0 Å². The Labute approximate surface area is 133 Å². The van der Waals surface area contributed by atoms with Gasteiger partial charge in [0.1, 0.15) is 9.81 Å². The van der Waals surface area contributed by atoms with E-state index in [9.17, 15) is 9.59 Å². The molecule has 0 radical (unpaired) electrons. The first-order chi connectivity index (χ1) is 9.72. The average molecular weight is 327 g/mol. The number of nitrogens with one attached hydrogen (secondary N) is 1. The van der Waals surface area contributed by atoms with Gasteiger partial charge in [0.25, 0.3) is 0 Å². The van der Waals surface area contributed by atoms with Gasteiger partial charge in [-0.2, -0.15) is 0 Å². The van der Waals surface area contributed by atoms with E-state index >= 15 is 0 Å². The summed E-state index contributed by atoms with van der Waals surface area (Å²) in [6.07, 6.45) is 1.59. The molecule has 0 saturated carbocycles. The van der Waals surface area contributed by atoms with Gasteiger partial charge in [0.05, 0.1) is 0 Å². The van der Waals surface area contributed by atoms with Gasteiger partial charge in [-0.15, -0.1) is 23.5 Å². The van der Waals surface area contributed by atoms with Gasteiger partial charge in [-0.1, -0.05) is 42.5 Å². The first-order valence-electron chi connectivity index (χ1n) is 6.26. The zero-order valence-electron chi connectivity index (χ0n) is 11.0. The van der Waals surface area contributed by atoms with Crippen molar-refractivity contribution in [3.63, 3.8) is 0 Å². The second-order valence-electron chi connectivity index (χ2n) is 3.93. The number of carbonyl (C=O) groups is 2. The Kier molecular flexibility index (Phi) is 9.36. The largest absolute Gasteiger partial charge is 0.356 e. The Balaban J connectivity index is 2.08. The highest BCUT2D eigenvalue weighted by Crippen LogP contribution is 2.22. The number of amides is 1. The van der Waals surface area contributed by atoms with Crippen LogP contribution in [-0.2, 0) is 15.3 Å². The van der Waals surface area contributed by atoms with Crippen molar-refractivity contribution in [1.29, 1.82) is 0 Å². The molecule has 1 rings (SSSR count). The van der Waals surface area contributed by atoms with Crippen LogP contribution < -0.4 is 5.32 Å². The van der Waals surface area contributed by atoms with Crippen molar-refractivity contribution in [1.82, 2.24) is 5.32 Å². The Morgan fingerprint density at radius 2 is 2.00 bits per heavy atom. The normalized spacial score (nSPS) is 10.0. The number of thiocarbonyl (C=S) groups is 1. The molecule has 0 aromatic heterocycles. The predicted octanol–water partition coefficient (Wildman–Crippen LogP) is 3.03. The molecule has 1 aromatic rings. The van der Waals surface area contributed by atoms with Gasteiger partial charge in [0.2, 0.25) is 5.91 Å². The summed E-state index contributed by atoms with van der Waals surface area (Å²) < 4.78 is 0.856. The highest BCUT2D eigenvalue weighted by Gasteiger charge is 2.04. The monoisotopic (exact) mass is 327 g/mol. The predicted molar refractivity (Wildman–Crippen MR) is 91.1 cm³/mol. The fourth-order valence-corrected chi connectivity index (χ4v) is 3.46. The molecule has 0 bridgehead atoms. The molecule has 0 aliphatic carbocycles. The van der Waals surface area contributed by atoms with Gasteiger partial charge in [-0.3, -0.25) is 4.79 Å². The topological polar surface area (TPSA) is 46.2 Å². The van der Waals surface area contributed by atoms with Crippen molar-refractivity contribution in [2.75, 3.05) is 12.3 Å². The lowest BCUT2D eigenvalue weighted by Crippen LogP contribution is -2.24. The van der Waals surface area contributed by atoms with E-state index in [0.29, 0.717) is 25.1 Å². The smallest absolute Gasteiger partial charge is 0.220 e. The van der Waals surface area contributed by atoms with Crippen LogP contribution in [0.25, 0.3) is 0 Å². The molecule has 0 saturated heterocycles. The minimum Gasteiger partial charge on any atom is -0.356 e. The number of thioether (sulfide) groups is 2. The third-order valence-electron chi connectivity index (χ3n) is 2.33. The van der Waals surface area contributed by atoms with Crippen LogP contribution in [0.1, 0.15) is 18.4 Å². The Morgan fingerprint density at radius 1 is 1.25 bits per heavy atom. The van der Waals surface area contributed by atoms with Crippen LogP contribution in [0.2, 0.25) is 0 Å². The summed E-state index contributed by atoms with van der Waals surface area (Å²) in [6.45, 7) is 0.417. The van der Waals surface area contributed by atoms with Crippen LogP contribution >= 0.6 is 35.7 Å². The van der Waals surface area contributed by atoms with Crippen molar-refractivity contribution in [3.05, 3.63) is 35.9 Å². The minimum absolute atomic E-state index is 0.0322. The fourth-order valence-electron chi connectivity index (χ4n) is 1.34. The molecule has 108 valence electrons. The van der Waals surface area contributed by atoms with Crippen LogP contribution in [0.4, 0.5) is 0 Å². The molecule has 0 atom stereocenters. The minimum atomic E-state index is -0.0322. The molecule has 0 unspecified atom stereocenters. The van der Waals surface area contributed by atoms with Crippen molar-refractivity contribution >= 4 is 51.5 Å². The second kappa shape index (κ2) is 10.9. The van der Waals surface area contributed by atoms with Crippen LogP contribution in [0.5, 0.6) is 0 Å². The third-order valence-corrected chi connectivity index (χ3v) is 5.10. The maximum absolute atomic E-state index is 11.4. The number of benzene rings is 1. The van der Waals surface area contributed by atoms with Gasteiger partial charge in [0, 0.05) is 30.9 Å². The molecular weight excluding hydrogens is 310 g/mol. The molecule has 6 heteroatoms. The lowest BCUT2D eigenvalue weighted by molar-refractivity contribution is -0.120. The summed E-state index contributed by atoms with van der Waals surface area (Å²) in [4.78, 5) is 21.5. The molecule has 0 fully saturated rings. The number of aldehydes is 1. The second-order valence-corrected chi connectivity index (χ2v) is 7.20. The summed E-state index contributed by atoms with van der Waals surface area (Å²) in [5.74, 6) is 1.50. The number of hydrogen-bond donors (Lipinski definition) is 1. The lowest BCUT2D eigenvalue weighted by Gasteiger charge is -2.04. The van der Waals surface area contributed by atoms with Crippen molar-refractivity contribution in [3.8, 4) is 0 Å². The summed E-state index contributed by atoms with van der Waals surface area (Å²) in [7, 11) is 0. The van der Waals surface area contributed by atoms with Crippen LogP contribution in [0.3, 0.4) is 0 Å². The summed E-state index contributed by atoms with van der Waals surface area (Å²) in [6, 6.07) is 10.2. The molecule has 1 N–H and O–H groups in total. The van der Waals surface area contributed by atoms with E-state index < -0.39 is 0 Å². The number of carbonyl (C=O) groups excluding carboxylic acids is 2. The van der Waals surface area contributed by atoms with E-state index in [1.165, 1.54) is 17.3 Å². The molecular formula is C14H17NO2S3. The first kappa shape index (κ1) is 17.2. The third kappa shape index (κ3) is 8.35. The maximum atomic E-state index is 11.4. The van der Waals surface area contributed by atoms with Gasteiger partial charge in [-0.25, -0.2) is 0 Å². The van der Waals surface area contributed by atoms with Crippen molar-refractivity contribution < 1.29 is 9.59 Å². The highest BCUT2D eigenvalue weighted by atomic mass is 32.2.